The summed E-state index contributed by atoms with van der Waals surface area (Å²) in [5.41, 5.74) is 5.42. The Labute approximate surface area is 226 Å². The Morgan fingerprint density at radius 3 is 2.03 bits per heavy atom. The van der Waals surface area contributed by atoms with Crippen LogP contribution in [0.15, 0.2) is 29.2 Å². The van der Waals surface area contributed by atoms with Gasteiger partial charge in [0.05, 0.1) is 0 Å². The zero-order valence-electron chi connectivity index (χ0n) is 24.3. The fourth-order valence-corrected chi connectivity index (χ4v) is 6.67. The van der Waals surface area contributed by atoms with E-state index in [1.54, 1.807) is 0 Å². The first-order valence-electron chi connectivity index (χ1n) is 14.2. The lowest BCUT2D eigenvalue weighted by atomic mass is 9.79. The maximum absolute atomic E-state index is 13.5. The van der Waals surface area contributed by atoms with Crippen LogP contribution in [0.5, 0.6) is 0 Å². The number of sulfonamides is 1. The van der Waals surface area contributed by atoms with E-state index >= 15 is 0 Å². The fourth-order valence-electron chi connectivity index (χ4n) is 5.33. The van der Waals surface area contributed by atoms with Crippen molar-refractivity contribution in [2.75, 3.05) is 13.2 Å². The average Bonchev–Trinajstić information content (AvgIpc) is 3.15. The second kappa shape index (κ2) is 12.0. The molecule has 0 spiro atoms. The highest BCUT2D eigenvalue weighted by atomic mass is 32.2. The Kier molecular flexibility index (Phi) is 9.74. The van der Waals surface area contributed by atoms with Crippen LogP contribution in [-0.2, 0) is 27.4 Å². The molecule has 0 saturated heterocycles. The van der Waals surface area contributed by atoms with Crippen LogP contribution in [0.2, 0.25) is 0 Å². The maximum atomic E-state index is 13.5. The lowest BCUT2D eigenvalue weighted by Crippen LogP contribution is -2.25. The van der Waals surface area contributed by atoms with Gasteiger partial charge in [0.1, 0.15) is 4.90 Å². The first kappa shape index (κ1) is 29.9. The molecular weight excluding hydrogens is 480 g/mol. The predicted octanol–water partition coefficient (Wildman–Crippen LogP) is 7.08. The van der Waals surface area contributed by atoms with Crippen molar-refractivity contribution in [3.05, 3.63) is 41.1 Å². The van der Waals surface area contributed by atoms with Crippen LogP contribution in [0, 0.1) is 12.8 Å². The van der Waals surface area contributed by atoms with Crippen LogP contribution in [0.4, 0.5) is 0 Å². The second-order valence-corrected chi connectivity index (χ2v) is 14.8. The molecule has 1 heterocycles. The van der Waals surface area contributed by atoms with Crippen molar-refractivity contribution in [1.82, 2.24) is 9.29 Å². The van der Waals surface area contributed by atoms with E-state index in [4.69, 9.17) is 5.11 Å². The molecule has 1 aromatic heterocycles. The van der Waals surface area contributed by atoms with Crippen LogP contribution in [0.1, 0.15) is 110 Å². The summed E-state index contributed by atoms with van der Waals surface area (Å²) < 4.78 is 32.0. The van der Waals surface area contributed by atoms with Crippen molar-refractivity contribution in [3.63, 3.8) is 0 Å². The highest BCUT2D eigenvalue weighted by Crippen LogP contribution is 2.37. The summed E-state index contributed by atoms with van der Waals surface area (Å²) in [6.07, 6.45) is 8.45. The van der Waals surface area contributed by atoms with Crippen LogP contribution >= 0.6 is 0 Å². The van der Waals surface area contributed by atoms with Crippen molar-refractivity contribution in [1.29, 1.82) is 0 Å². The number of aliphatic hydroxyl groups is 1. The van der Waals surface area contributed by atoms with Gasteiger partial charge in [0.2, 0.25) is 10.0 Å². The van der Waals surface area contributed by atoms with E-state index in [-0.39, 0.29) is 17.4 Å². The highest BCUT2D eigenvalue weighted by Gasteiger charge is 2.27. The van der Waals surface area contributed by atoms with Crippen LogP contribution in [-0.4, -0.2) is 31.2 Å². The smallest absolute Gasteiger partial charge is 0.242 e. The topological polar surface area (TPSA) is 71.3 Å². The normalized spacial score (nSPS) is 15.9. The number of hydrogen-bond donors (Lipinski definition) is 2. The van der Waals surface area contributed by atoms with Gasteiger partial charge in [0.25, 0.3) is 0 Å². The molecule has 0 radical (unpaired) electrons. The van der Waals surface area contributed by atoms with Crippen molar-refractivity contribution < 1.29 is 13.5 Å². The Hall–Kier alpha value is -1.63. The highest BCUT2D eigenvalue weighted by molar-refractivity contribution is 7.89. The number of aliphatic hydroxyl groups excluding tert-OH is 1. The summed E-state index contributed by atoms with van der Waals surface area (Å²) >= 11 is 0. The largest absolute Gasteiger partial charge is 0.396 e. The Morgan fingerprint density at radius 1 is 0.892 bits per heavy atom. The van der Waals surface area contributed by atoms with E-state index in [2.05, 4.69) is 69.0 Å². The molecule has 1 aliphatic carbocycles. The van der Waals surface area contributed by atoms with E-state index in [0.717, 1.165) is 36.3 Å². The molecule has 1 aromatic carbocycles. The molecular formula is C31H50N2O3S. The average molecular weight is 531 g/mol. The van der Waals surface area contributed by atoms with E-state index in [1.165, 1.54) is 43.2 Å². The molecule has 208 valence electrons. The number of rotatable bonds is 10. The van der Waals surface area contributed by atoms with Gasteiger partial charge in [-0.15, -0.1) is 0 Å². The molecule has 0 bridgehead atoms. The van der Waals surface area contributed by atoms with Gasteiger partial charge in [0, 0.05) is 31.1 Å². The summed E-state index contributed by atoms with van der Waals surface area (Å²) in [4.78, 5) is 0.388. The first-order chi connectivity index (χ1) is 17.2. The van der Waals surface area contributed by atoms with Gasteiger partial charge >= 0.3 is 0 Å². The Bertz CT molecular complexity index is 1110. The minimum absolute atomic E-state index is 0.0170. The molecule has 5 nitrogen and oxygen atoms in total. The number of hydrogen-bond acceptors (Lipinski definition) is 3. The molecule has 2 N–H and O–H groups in total. The third-order valence-electron chi connectivity index (χ3n) is 7.86. The molecule has 6 heteroatoms. The SMILES string of the molecule is Cc1c(S(=O)(=O)NCCCCCO)cc(-c2cc(C(C)(C)C)cc(C(C)(C)C)c2)n1CC1CCCCC1. The van der Waals surface area contributed by atoms with Gasteiger partial charge in [-0.1, -0.05) is 66.9 Å². The van der Waals surface area contributed by atoms with E-state index < -0.39 is 10.0 Å². The van der Waals surface area contributed by atoms with Gasteiger partial charge < -0.3 is 9.67 Å². The molecule has 0 unspecified atom stereocenters. The third kappa shape index (κ3) is 7.70. The minimum Gasteiger partial charge on any atom is -0.396 e. The fraction of sp³-hybridized carbons (Fsp3) is 0.677. The molecule has 1 saturated carbocycles. The van der Waals surface area contributed by atoms with Crippen molar-refractivity contribution in [2.24, 2.45) is 5.92 Å². The predicted molar refractivity (Wildman–Crippen MR) is 155 cm³/mol. The van der Waals surface area contributed by atoms with E-state index in [9.17, 15) is 8.42 Å². The molecule has 2 aromatic rings. The molecule has 0 amide bonds. The summed E-state index contributed by atoms with van der Waals surface area (Å²) in [6, 6.07) is 8.75. The zero-order chi connectivity index (χ0) is 27.4. The summed E-state index contributed by atoms with van der Waals surface area (Å²) in [5, 5.41) is 9.01. The van der Waals surface area contributed by atoms with E-state index in [0.29, 0.717) is 23.8 Å². The maximum Gasteiger partial charge on any atom is 0.242 e. The van der Waals surface area contributed by atoms with Crippen LogP contribution < -0.4 is 4.72 Å². The van der Waals surface area contributed by atoms with Gasteiger partial charge in [-0.25, -0.2) is 13.1 Å². The number of nitrogens with one attached hydrogen (secondary N) is 1. The third-order valence-corrected chi connectivity index (χ3v) is 9.44. The van der Waals surface area contributed by atoms with Gasteiger partial charge in [-0.3, -0.25) is 0 Å². The summed E-state index contributed by atoms with van der Waals surface area (Å²) in [5.74, 6) is 0.577. The first-order valence-corrected chi connectivity index (χ1v) is 15.7. The molecule has 1 aliphatic rings. The summed E-state index contributed by atoms with van der Waals surface area (Å²) in [7, 11) is -3.64. The number of benzene rings is 1. The van der Waals surface area contributed by atoms with Gasteiger partial charge in [-0.05, 0) is 90.7 Å². The Morgan fingerprint density at radius 2 is 1.49 bits per heavy atom. The zero-order valence-corrected chi connectivity index (χ0v) is 25.1. The molecule has 37 heavy (non-hydrogen) atoms. The standard InChI is InChI=1S/C31H50N2O3S/c1-23-29(37(35,36)32-16-12-9-13-17-34)21-28(33(23)22-24-14-10-8-11-15-24)25-18-26(30(2,3)4)20-27(19-25)31(5,6)7/h18-21,24,32,34H,8-17,22H2,1-7H3. The molecule has 0 aliphatic heterocycles. The van der Waals surface area contributed by atoms with Gasteiger partial charge in [-0.2, -0.15) is 0 Å². The number of aromatic nitrogens is 1. The van der Waals surface area contributed by atoms with Crippen molar-refractivity contribution >= 4 is 10.0 Å². The number of nitrogens with zero attached hydrogens (tertiary/aromatic N) is 1. The lowest BCUT2D eigenvalue weighted by molar-refractivity contribution is 0.283. The lowest BCUT2D eigenvalue weighted by Gasteiger charge is -2.27. The van der Waals surface area contributed by atoms with E-state index in [1.807, 2.05) is 13.0 Å². The van der Waals surface area contributed by atoms with Gasteiger partial charge in [0.15, 0.2) is 0 Å². The van der Waals surface area contributed by atoms with Crippen molar-refractivity contribution in [2.45, 2.75) is 122 Å². The minimum atomic E-state index is -3.64. The van der Waals surface area contributed by atoms with Crippen LogP contribution in [0.3, 0.4) is 0 Å². The Balaban J connectivity index is 2.11. The van der Waals surface area contributed by atoms with Crippen molar-refractivity contribution in [3.8, 4) is 11.3 Å². The monoisotopic (exact) mass is 530 g/mol. The molecule has 3 rings (SSSR count). The van der Waals surface area contributed by atoms with Crippen LogP contribution in [0.25, 0.3) is 11.3 Å². The molecule has 0 atom stereocenters. The summed E-state index contributed by atoms with van der Waals surface area (Å²) in [6.45, 7) is 16.8. The molecule has 1 fully saturated rings. The second-order valence-electron chi connectivity index (χ2n) is 13.1. The number of unbranched alkanes of at least 4 members (excludes halogenated alkanes) is 2. The quantitative estimate of drug-likeness (QED) is 0.322.